The molecule has 25 heavy (non-hydrogen) atoms. The number of para-hydroxylation sites is 1. The SMILES string of the molecule is O=C(Nc1nc2ccccc2s1)N1CCN(C(=O)C2CCCO2)CC1. The number of anilines is 1. The molecule has 3 amide bonds. The van der Waals surface area contributed by atoms with Gasteiger partial charge in [0.15, 0.2) is 5.13 Å². The number of aromatic nitrogens is 1. The lowest BCUT2D eigenvalue weighted by Gasteiger charge is -2.35. The van der Waals surface area contributed by atoms with Crippen LogP contribution in [-0.2, 0) is 9.53 Å². The lowest BCUT2D eigenvalue weighted by molar-refractivity contribution is -0.142. The monoisotopic (exact) mass is 360 g/mol. The first-order valence-electron chi connectivity index (χ1n) is 8.52. The molecule has 0 saturated carbocycles. The Morgan fingerprint density at radius 2 is 1.92 bits per heavy atom. The largest absolute Gasteiger partial charge is 0.368 e. The number of hydrogen-bond donors (Lipinski definition) is 1. The van der Waals surface area contributed by atoms with E-state index < -0.39 is 0 Å². The predicted octanol–water partition coefficient (Wildman–Crippen LogP) is 2.15. The lowest BCUT2D eigenvalue weighted by Crippen LogP contribution is -2.53. The highest BCUT2D eigenvalue weighted by Crippen LogP contribution is 2.25. The van der Waals surface area contributed by atoms with Crippen molar-refractivity contribution in [3.8, 4) is 0 Å². The second-order valence-electron chi connectivity index (χ2n) is 6.23. The molecule has 2 aromatic rings. The van der Waals surface area contributed by atoms with E-state index in [1.807, 2.05) is 24.3 Å². The standard InChI is InChI=1S/C17H20N4O3S/c22-15(13-5-3-11-24-13)20-7-9-21(10-8-20)17(23)19-16-18-12-4-1-2-6-14(12)25-16/h1-2,4,6,13H,3,5,7-11H2,(H,18,19,23). The third kappa shape index (κ3) is 3.45. The molecule has 7 nitrogen and oxygen atoms in total. The van der Waals surface area contributed by atoms with E-state index in [1.54, 1.807) is 9.80 Å². The molecule has 1 atom stereocenters. The summed E-state index contributed by atoms with van der Waals surface area (Å²) in [6.07, 6.45) is 1.46. The van der Waals surface area contributed by atoms with E-state index in [9.17, 15) is 9.59 Å². The maximum absolute atomic E-state index is 12.4. The summed E-state index contributed by atoms with van der Waals surface area (Å²) in [7, 11) is 0. The molecule has 0 spiro atoms. The van der Waals surface area contributed by atoms with Crippen molar-refractivity contribution in [2.45, 2.75) is 18.9 Å². The van der Waals surface area contributed by atoms with E-state index in [0.29, 0.717) is 37.9 Å². The second-order valence-corrected chi connectivity index (χ2v) is 7.26. The van der Waals surface area contributed by atoms with Crippen LogP contribution in [0.5, 0.6) is 0 Å². The van der Waals surface area contributed by atoms with E-state index in [4.69, 9.17) is 4.74 Å². The number of nitrogens with zero attached hydrogens (tertiary/aromatic N) is 3. The number of urea groups is 1. The number of amides is 3. The Bertz CT molecular complexity index is 746. The summed E-state index contributed by atoms with van der Waals surface area (Å²) >= 11 is 1.46. The van der Waals surface area contributed by atoms with Crippen LogP contribution in [0.3, 0.4) is 0 Å². The Labute approximate surface area is 149 Å². The Kier molecular flexibility index (Phi) is 4.54. The van der Waals surface area contributed by atoms with Crippen molar-refractivity contribution in [1.29, 1.82) is 0 Å². The molecule has 132 valence electrons. The highest BCUT2D eigenvalue weighted by molar-refractivity contribution is 7.22. The number of piperazine rings is 1. The molecule has 0 aliphatic carbocycles. The van der Waals surface area contributed by atoms with Gasteiger partial charge in [0.05, 0.1) is 10.2 Å². The van der Waals surface area contributed by atoms with E-state index in [1.165, 1.54) is 11.3 Å². The average molecular weight is 360 g/mol. The lowest BCUT2D eigenvalue weighted by atomic mass is 10.2. The van der Waals surface area contributed by atoms with Crippen LogP contribution in [0.15, 0.2) is 24.3 Å². The molecule has 4 rings (SSSR count). The Hall–Kier alpha value is -2.19. The van der Waals surface area contributed by atoms with Crippen molar-refractivity contribution in [2.75, 3.05) is 38.1 Å². The number of carbonyl (C=O) groups is 2. The number of nitrogens with one attached hydrogen (secondary N) is 1. The van der Waals surface area contributed by atoms with Crippen LogP contribution in [0.25, 0.3) is 10.2 Å². The second kappa shape index (κ2) is 6.97. The Balaban J connectivity index is 1.32. The van der Waals surface area contributed by atoms with Crippen LogP contribution >= 0.6 is 11.3 Å². The van der Waals surface area contributed by atoms with E-state index >= 15 is 0 Å². The number of hydrogen-bond acceptors (Lipinski definition) is 5. The maximum Gasteiger partial charge on any atom is 0.323 e. The third-order valence-corrected chi connectivity index (χ3v) is 5.54. The average Bonchev–Trinajstić information content (AvgIpc) is 3.30. The smallest absolute Gasteiger partial charge is 0.323 e. The van der Waals surface area contributed by atoms with Gasteiger partial charge in [-0.2, -0.15) is 0 Å². The Morgan fingerprint density at radius 3 is 2.64 bits per heavy atom. The molecule has 1 aromatic heterocycles. The molecule has 1 aromatic carbocycles. The first-order chi connectivity index (χ1) is 12.2. The number of rotatable bonds is 2. The molecule has 2 fully saturated rings. The van der Waals surface area contributed by atoms with Gasteiger partial charge < -0.3 is 14.5 Å². The van der Waals surface area contributed by atoms with Gasteiger partial charge >= 0.3 is 6.03 Å². The summed E-state index contributed by atoms with van der Waals surface area (Å²) < 4.78 is 6.51. The molecule has 8 heteroatoms. The number of thiazole rings is 1. The minimum atomic E-state index is -0.289. The van der Waals surface area contributed by atoms with Crippen molar-refractivity contribution in [2.24, 2.45) is 0 Å². The molecule has 0 radical (unpaired) electrons. The summed E-state index contributed by atoms with van der Waals surface area (Å²) in [5.41, 5.74) is 0.884. The van der Waals surface area contributed by atoms with Gasteiger partial charge in [-0.3, -0.25) is 10.1 Å². The fraction of sp³-hybridized carbons (Fsp3) is 0.471. The van der Waals surface area contributed by atoms with Crippen molar-refractivity contribution in [3.05, 3.63) is 24.3 Å². The highest BCUT2D eigenvalue weighted by atomic mass is 32.1. The summed E-state index contributed by atoms with van der Waals surface area (Å²) in [6.45, 7) is 2.81. The molecule has 2 aliphatic rings. The van der Waals surface area contributed by atoms with Crippen molar-refractivity contribution >= 4 is 38.6 Å². The van der Waals surface area contributed by atoms with Gasteiger partial charge in [0.25, 0.3) is 5.91 Å². The van der Waals surface area contributed by atoms with Gasteiger partial charge in [-0.05, 0) is 25.0 Å². The van der Waals surface area contributed by atoms with E-state index in [-0.39, 0.29) is 18.0 Å². The molecule has 3 heterocycles. The zero-order valence-electron chi connectivity index (χ0n) is 13.8. The van der Waals surface area contributed by atoms with Crippen molar-refractivity contribution in [1.82, 2.24) is 14.8 Å². The van der Waals surface area contributed by atoms with E-state index in [0.717, 1.165) is 23.1 Å². The van der Waals surface area contributed by atoms with Crippen LogP contribution in [-0.4, -0.2) is 65.6 Å². The molecular weight excluding hydrogens is 340 g/mol. The number of ether oxygens (including phenoxy) is 1. The summed E-state index contributed by atoms with van der Waals surface area (Å²) in [5, 5.41) is 3.47. The summed E-state index contributed by atoms with van der Waals surface area (Å²) in [6, 6.07) is 7.63. The van der Waals surface area contributed by atoms with Crippen LogP contribution in [0.2, 0.25) is 0 Å². The number of fused-ring (bicyclic) bond motifs is 1. The maximum atomic E-state index is 12.4. The van der Waals surface area contributed by atoms with Crippen LogP contribution in [0.4, 0.5) is 9.93 Å². The summed E-state index contributed by atoms with van der Waals surface area (Å²) in [4.78, 5) is 32.7. The highest BCUT2D eigenvalue weighted by Gasteiger charge is 2.31. The molecular formula is C17H20N4O3S. The fourth-order valence-corrected chi connectivity index (χ4v) is 4.06. The minimum absolute atomic E-state index is 0.0590. The van der Waals surface area contributed by atoms with Gasteiger partial charge in [0.2, 0.25) is 0 Å². The van der Waals surface area contributed by atoms with Crippen molar-refractivity contribution < 1.29 is 14.3 Å². The van der Waals surface area contributed by atoms with Gasteiger partial charge in [-0.1, -0.05) is 23.5 Å². The quantitative estimate of drug-likeness (QED) is 0.890. The van der Waals surface area contributed by atoms with Crippen LogP contribution in [0.1, 0.15) is 12.8 Å². The predicted molar refractivity (Wildman–Crippen MR) is 95.8 cm³/mol. The zero-order valence-corrected chi connectivity index (χ0v) is 14.6. The van der Waals surface area contributed by atoms with Gasteiger partial charge in [0.1, 0.15) is 6.10 Å². The molecule has 1 unspecified atom stereocenters. The molecule has 0 bridgehead atoms. The normalized spacial score (nSPS) is 20.9. The molecule has 1 N–H and O–H groups in total. The number of benzene rings is 1. The molecule has 2 saturated heterocycles. The third-order valence-electron chi connectivity index (χ3n) is 4.59. The fourth-order valence-electron chi connectivity index (χ4n) is 3.20. The van der Waals surface area contributed by atoms with Gasteiger partial charge in [0, 0.05) is 32.8 Å². The van der Waals surface area contributed by atoms with Crippen LogP contribution < -0.4 is 5.32 Å². The van der Waals surface area contributed by atoms with Gasteiger partial charge in [-0.15, -0.1) is 0 Å². The molecule has 2 aliphatic heterocycles. The zero-order chi connectivity index (χ0) is 17.2. The Morgan fingerprint density at radius 1 is 1.16 bits per heavy atom. The minimum Gasteiger partial charge on any atom is -0.368 e. The van der Waals surface area contributed by atoms with Crippen molar-refractivity contribution in [3.63, 3.8) is 0 Å². The first-order valence-corrected chi connectivity index (χ1v) is 9.34. The summed E-state index contributed by atoms with van der Waals surface area (Å²) in [5.74, 6) is 0.0590. The van der Waals surface area contributed by atoms with Gasteiger partial charge in [-0.25, -0.2) is 9.78 Å². The van der Waals surface area contributed by atoms with E-state index in [2.05, 4.69) is 10.3 Å². The first kappa shape index (κ1) is 16.3. The number of carbonyl (C=O) groups excluding carboxylic acids is 2. The van der Waals surface area contributed by atoms with Crippen LogP contribution in [0, 0.1) is 0 Å². The topological polar surface area (TPSA) is 74.8 Å².